The van der Waals surface area contributed by atoms with Crippen LogP contribution >= 0.6 is 12.4 Å². The standard InChI is InChI=1S/C17H29N.C8H9N.ClH/c1-2-3-4-5-6-7-8-9-10-11-14-17-15-12-13-16-18-17;1-2-5-8-6-3-4-7-9-8;/h12-13,15-16H,2-11,14H2,1H3;2-4,6-7H,1,5H2;1H. The Bertz CT molecular complexity index is 557. The molecule has 0 saturated carbocycles. The lowest BCUT2D eigenvalue weighted by Crippen LogP contribution is -1.89. The second-order valence-electron chi connectivity index (χ2n) is 7.07. The van der Waals surface area contributed by atoms with Gasteiger partial charge in [0.15, 0.2) is 0 Å². The van der Waals surface area contributed by atoms with Gasteiger partial charge in [0.1, 0.15) is 0 Å². The highest BCUT2D eigenvalue weighted by molar-refractivity contribution is 5.85. The fraction of sp³-hybridized carbons (Fsp3) is 0.520. The van der Waals surface area contributed by atoms with Crippen molar-refractivity contribution in [1.82, 2.24) is 9.97 Å². The van der Waals surface area contributed by atoms with Crippen molar-refractivity contribution in [2.45, 2.75) is 84.0 Å². The first kappa shape index (κ1) is 26.3. The van der Waals surface area contributed by atoms with Crippen molar-refractivity contribution in [2.24, 2.45) is 0 Å². The summed E-state index contributed by atoms with van der Waals surface area (Å²) in [5.74, 6) is 0. The number of nitrogens with zero attached hydrogens (tertiary/aromatic N) is 2. The summed E-state index contributed by atoms with van der Waals surface area (Å²) >= 11 is 0. The molecular formula is C25H39ClN2. The number of aryl methyl sites for hydroxylation is 1. The molecule has 0 spiro atoms. The molecule has 0 aliphatic rings. The Balaban J connectivity index is 0.000000614. The number of pyridine rings is 2. The summed E-state index contributed by atoms with van der Waals surface area (Å²) in [4.78, 5) is 8.45. The molecule has 0 N–H and O–H groups in total. The van der Waals surface area contributed by atoms with Gasteiger partial charge in [-0.15, -0.1) is 19.0 Å². The molecule has 0 unspecified atom stereocenters. The van der Waals surface area contributed by atoms with Gasteiger partial charge in [-0.05, 0) is 37.1 Å². The highest BCUT2D eigenvalue weighted by Gasteiger charge is 1.95. The Hall–Kier alpha value is -1.67. The van der Waals surface area contributed by atoms with Crippen LogP contribution in [0, 0.1) is 0 Å². The van der Waals surface area contributed by atoms with Crippen molar-refractivity contribution in [2.75, 3.05) is 0 Å². The molecule has 3 heteroatoms. The fourth-order valence-electron chi connectivity index (χ4n) is 3.01. The Morgan fingerprint density at radius 3 is 1.68 bits per heavy atom. The van der Waals surface area contributed by atoms with E-state index in [9.17, 15) is 0 Å². The zero-order valence-corrected chi connectivity index (χ0v) is 18.5. The molecule has 2 rings (SSSR count). The molecule has 2 heterocycles. The summed E-state index contributed by atoms with van der Waals surface area (Å²) in [6.45, 7) is 5.90. The fourth-order valence-corrected chi connectivity index (χ4v) is 3.01. The van der Waals surface area contributed by atoms with E-state index in [0.717, 1.165) is 18.5 Å². The van der Waals surface area contributed by atoms with Crippen molar-refractivity contribution in [3.63, 3.8) is 0 Å². The predicted octanol–water partition coefficient (Wildman–Crippen LogP) is 7.78. The maximum absolute atomic E-state index is 4.35. The lowest BCUT2D eigenvalue weighted by Gasteiger charge is -2.02. The Morgan fingerprint density at radius 1 is 0.714 bits per heavy atom. The van der Waals surface area contributed by atoms with Gasteiger partial charge >= 0.3 is 0 Å². The van der Waals surface area contributed by atoms with Gasteiger partial charge in [-0.25, -0.2) is 0 Å². The lowest BCUT2D eigenvalue weighted by atomic mass is 10.1. The largest absolute Gasteiger partial charge is 0.261 e. The van der Waals surface area contributed by atoms with E-state index < -0.39 is 0 Å². The zero-order chi connectivity index (χ0) is 19.4. The number of unbranched alkanes of at least 4 members (excludes halogenated alkanes) is 9. The first-order chi connectivity index (χ1) is 13.4. The minimum Gasteiger partial charge on any atom is -0.261 e. The highest BCUT2D eigenvalue weighted by Crippen LogP contribution is 2.11. The first-order valence-electron chi connectivity index (χ1n) is 10.8. The summed E-state index contributed by atoms with van der Waals surface area (Å²) < 4.78 is 0. The molecule has 28 heavy (non-hydrogen) atoms. The van der Waals surface area contributed by atoms with Crippen LogP contribution in [0.4, 0.5) is 0 Å². The number of halogens is 1. The molecule has 0 radical (unpaired) electrons. The third-order valence-electron chi connectivity index (χ3n) is 4.59. The van der Waals surface area contributed by atoms with E-state index >= 15 is 0 Å². The topological polar surface area (TPSA) is 25.8 Å². The molecule has 0 atom stereocenters. The number of hydrogen-bond donors (Lipinski definition) is 0. The maximum Gasteiger partial charge on any atom is 0.0441 e. The van der Waals surface area contributed by atoms with Crippen molar-refractivity contribution < 1.29 is 0 Å². The van der Waals surface area contributed by atoms with Gasteiger partial charge in [-0.2, -0.15) is 0 Å². The van der Waals surface area contributed by atoms with Gasteiger partial charge in [0, 0.05) is 30.2 Å². The minimum absolute atomic E-state index is 0. The SMILES string of the molecule is C=CCc1ccccn1.CCCCCCCCCCCCc1ccccn1.Cl. The Kier molecular flexibility index (Phi) is 18.9. The second kappa shape index (κ2) is 20.1. The van der Waals surface area contributed by atoms with E-state index in [0.29, 0.717) is 0 Å². The normalized spacial score (nSPS) is 9.75. The van der Waals surface area contributed by atoms with E-state index in [2.05, 4.69) is 35.6 Å². The van der Waals surface area contributed by atoms with Crippen LogP contribution in [0.25, 0.3) is 0 Å². The molecule has 2 aromatic rings. The van der Waals surface area contributed by atoms with Crippen LogP contribution < -0.4 is 0 Å². The number of hydrogen-bond acceptors (Lipinski definition) is 2. The third-order valence-corrected chi connectivity index (χ3v) is 4.59. The van der Waals surface area contributed by atoms with Gasteiger partial charge in [0.05, 0.1) is 0 Å². The molecule has 156 valence electrons. The summed E-state index contributed by atoms with van der Waals surface area (Å²) in [6, 6.07) is 12.1. The monoisotopic (exact) mass is 402 g/mol. The Morgan fingerprint density at radius 2 is 1.21 bits per heavy atom. The number of aromatic nitrogens is 2. The third kappa shape index (κ3) is 15.4. The van der Waals surface area contributed by atoms with Gasteiger partial charge in [0.25, 0.3) is 0 Å². The van der Waals surface area contributed by atoms with Gasteiger partial charge in [-0.1, -0.05) is 82.9 Å². The Labute approximate surface area is 179 Å². The molecular weight excluding hydrogens is 364 g/mol. The average molecular weight is 403 g/mol. The van der Waals surface area contributed by atoms with Gasteiger partial charge in [-0.3, -0.25) is 9.97 Å². The number of allylic oxidation sites excluding steroid dienone is 1. The molecule has 2 nitrogen and oxygen atoms in total. The van der Waals surface area contributed by atoms with Crippen molar-refractivity contribution in [1.29, 1.82) is 0 Å². The number of rotatable bonds is 13. The zero-order valence-electron chi connectivity index (χ0n) is 17.7. The van der Waals surface area contributed by atoms with E-state index in [-0.39, 0.29) is 12.4 Å². The van der Waals surface area contributed by atoms with Gasteiger partial charge < -0.3 is 0 Å². The summed E-state index contributed by atoms with van der Waals surface area (Å²) in [6.07, 6.45) is 21.6. The maximum atomic E-state index is 4.35. The molecule has 0 aromatic carbocycles. The summed E-state index contributed by atoms with van der Waals surface area (Å²) in [5, 5.41) is 0. The van der Waals surface area contributed by atoms with Crippen LogP contribution in [0.3, 0.4) is 0 Å². The van der Waals surface area contributed by atoms with Crippen LogP contribution in [0.1, 0.15) is 82.5 Å². The van der Waals surface area contributed by atoms with E-state index in [4.69, 9.17) is 0 Å². The molecule has 0 aliphatic carbocycles. The van der Waals surface area contributed by atoms with Crippen LogP contribution in [0.15, 0.2) is 61.4 Å². The van der Waals surface area contributed by atoms with E-state index in [1.54, 1.807) is 6.20 Å². The molecule has 0 aliphatic heterocycles. The molecule has 0 fully saturated rings. The van der Waals surface area contributed by atoms with Crippen molar-refractivity contribution in [3.8, 4) is 0 Å². The summed E-state index contributed by atoms with van der Waals surface area (Å²) in [7, 11) is 0. The van der Waals surface area contributed by atoms with Crippen LogP contribution in [0.2, 0.25) is 0 Å². The van der Waals surface area contributed by atoms with Crippen molar-refractivity contribution in [3.05, 3.63) is 72.8 Å². The predicted molar refractivity (Wildman–Crippen MR) is 125 cm³/mol. The average Bonchev–Trinajstić information content (AvgIpc) is 2.72. The van der Waals surface area contributed by atoms with Crippen LogP contribution in [0.5, 0.6) is 0 Å². The second-order valence-corrected chi connectivity index (χ2v) is 7.07. The van der Waals surface area contributed by atoms with Crippen LogP contribution in [-0.4, -0.2) is 9.97 Å². The van der Waals surface area contributed by atoms with Gasteiger partial charge in [0.2, 0.25) is 0 Å². The van der Waals surface area contributed by atoms with Crippen molar-refractivity contribution >= 4 is 12.4 Å². The molecule has 0 saturated heterocycles. The van der Waals surface area contributed by atoms with Crippen LogP contribution in [-0.2, 0) is 12.8 Å². The molecule has 0 amide bonds. The molecule has 2 aromatic heterocycles. The quantitative estimate of drug-likeness (QED) is 0.252. The lowest BCUT2D eigenvalue weighted by molar-refractivity contribution is 0.555. The first-order valence-corrected chi connectivity index (χ1v) is 10.8. The van der Waals surface area contributed by atoms with E-state index in [1.807, 2.05) is 36.5 Å². The molecule has 0 bridgehead atoms. The summed E-state index contributed by atoms with van der Waals surface area (Å²) in [5.41, 5.74) is 2.32. The minimum atomic E-state index is 0. The van der Waals surface area contributed by atoms with E-state index in [1.165, 1.54) is 69.9 Å². The highest BCUT2D eigenvalue weighted by atomic mass is 35.5. The smallest absolute Gasteiger partial charge is 0.0441 e.